The molecular formula is C22H20ClF2N3O5. The van der Waals surface area contributed by atoms with Gasteiger partial charge in [0, 0.05) is 18.3 Å². The number of ether oxygens (including phenoxy) is 1. The Kier molecular flexibility index (Phi) is 4.98. The molecule has 2 aliphatic heterocycles. The van der Waals surface area contributed by atoms with Gasteiger partial charge in [0.25, 0.3) is 11.8 Å². The number of aromatic hydroxyl groups is 1. The van der Waals surface area contributed by atoms with Crippen molar-refractivity contribution in [3.63, 3.8) is 0 Å². The molecule has 33 heavy (non-hydrogen) atoms. The summed E-state index contributed by atoms with van der Waals surface area (Å²) in [5.41, 5.74) is -2.55. The molecule has 0 bridgehead atoms. The van der Waals surface area contributed by atoms with Gasteiger partial charge in [-0.25, -0.2) is 8.78 Å². The van der Waals surface area contributed by atoms with Crippen LogP contribution in [0.1, 0.15) is 58.6 Å². The molecule has 2 fully saturated rings. The Balaban J connectivity index is 1.52. The third-order valence-corrected chi connectivity index (χ3v) is 7.07. The maximum absolute atomic E-state index is 14.1. The van der Waals surface area contributed by atoms with Crippen LogP contribution in [-0.4, -0.2) is 44.8 Å². The van der Waals surface area contributed by atoms with Crippen LogP contribution in [0.2, 0.25) is 5.02 Å². The van der Waals surface area contributed by atoms with Crippen LogP contribution >= 0.6 is 11.6 Å². The van der Waals surface area contributed by atoms with Crippen LogP contribution < -0.4 is 10.7 Å². The van der Waals surface area contributed by atoms with Crippen molar-refractivity contribution in [2.75, 3.05) is 6.61 Å². The number of amides is 2. The zero-order valence-corrected chi connectivity index (χ0v) is 18.3. The molecule has 11 heteroatoms. The van der Waals surface area contributed by atoms with Crippen molar-refractivity contribution >= 4 is 23.4 Å². The molecule has 0 radical (unpaired) electrons. The van der Waals surface area contributed by atoms with Crippen LogP contribution in [0.15, 0.2) is 23.1 Å². The van der Waals surface area contributed by atoms with Gasteiger partial charge in [0.15, 0.2) is 17.2 Å². The zero-order chi connectivity index (χ0) is 23.7. The fraction of sp³-hybridized carbons (Fsp3) is 0.409. The lowest BCUT2D eigenvalue weighted by Gasteiger charge is -2.45. The van der Waals surface area contributed by atoms with Gasteiger partial charge in [-0.2, -0.15) is 0 Å². The summed E-state index contributed by atoms with van der Waals surface area (Å²) in [4.78, 5) is 40.4. The van der Waals surface area contributed by atoms with E-state index in [0.717, 1.165) is 18.6 Å². The van der Waals surface area contributed by atoms with Crippen molar-refractivity contribution in [1.29, 1.82) is 0 Å². The lowest BCUT2D eigenvalue weighted by molar-refractivity contribution is -0.101. The van der Waals surface area contributed by atoms with Crippen LogP contribution in [0.25, 0.3) is 0 Å². The van der Waals surface area contributed by atoms with Gasteiger partial charge in [-0.15, -0.1) is 0 Å². The first-order chi connectivity index (χ1) is 15.7. The molecule has 174 valence electrons. The van der Waals surface area contributed by atoms with Gasteiger partial charge in [0.1, 0.15) is 22.2 Å². The Morgan fingerprint density at radius 1 is 1.36 bits per heavy atom. The molecule has 5 rings (SSSR count). The van der Waals surface area contributed by atoms with E-state index in [1.54, 1.807) is 4.90 Å². The van der Waals surface area contributed by atoms with E-state index in [0.29, 0.717) is 19.4 Å². The molecule has 2 aromatic rings. The molecule has 2 amide bonds. The molecule has 3 heterocycles. The Hall–Kier alpha value is -2.98. The second-order valence-electron chi connectivity index (χ2n) is 8.58. The minimum Gasteiger partial charge on any atom is -0.503 e. The smallest absolute Gasteiger partial charge is 0.277 e. The first-order valence-electron chi connectivity index (χ1n) is 10.5. The third-order valence-electron chi connectivity index (χ3n) is 6.72. The standard InChI is InChI=1S/C22H20ClF2N3O5/c1-10-9-33-22-6-2-3-14(22)27-8-12(18(29)19(30)17(27)21(32)28(10)22)20(31)26-7-11-4-5-13(24)15(23)16(11)25/h4-5,8,10,14,30H,2-3,6-7,9H2,1H3,(H,26,31)/t10?,14-,22-/m0/s1. The van der Waals surface area contributed by atoms with Gasteiger partial charge < -0.3 is 24.6 Å². The van der Waals surface area contributed by atoms with Crippen molar-refractivity contribution in [3.05, 3.63) is 62.0 Å². The van der Waals surface area contributed by atoms with Gasteiger partial charge >= 0.3 is 0 Å². The Bertz CT molecular complexity index is 1270. The summed E-state index contributed by atoms with van der Waals surface area (Å²) in [5.74, 6) is -4.18. The van der Waals surface area contributed by atoms with Crippen LogP contribution in [-0.2, 0) is 11.3 Å². The number of benzene rings is 1. The highest BCUT2D eigenvalue weighted by atomic mass is 35.5. The number of fused-ring (bicyclic) bond motifs is 2. The number of carbonyl (C=O) groups excluding carboxylic acids is 2. The van der Waals surface area contributed by atoms with E-state index in [9.17, 15) is 28.3 Å². The molecule has 1 saturated heterocycles. The van der Waals surface area contributed by atoms with Crippen molar-refractivity contribution in [3.8, 4) is 5.75 Å². The number of pyridine rings is 1. The molecule has 8 nitrogen and oxygen atoms in total. The van der Waals surface area contributed by atoms with Crippen LogP contribution in [0, 0.1) is 11.6 Å². The molecule has 1 aromatic carbocycles. The SMILES string of the molecule is CC1CO[C@@]23CCC[C@@H]2n2cc(C(=O)NCc4ccc(F)c(Cl)c4F)c(=O)c(O)c2C(=O)N13. The average Bonchev–Trinajstić information content (AvgIpc) is 3.36. The highest BCUT2D eigenvalue weighted by Crippen LogP contribution is 2.52. The summed E-state index contributed by atoms with van der Waals surface area (Å²) in [6.07, 6.45) is 3.25. The molecule has 3 aliphatic rings. The second-order valence-corrected chi connectivity index (χ2v) is 8.96. The predicted molar refractivity (Wildman–Crippen MR) is 112 cm³/mol. The minimum absolute atomic E-state index is 0.0778. The van der Waals surface area contributed by atoms with Gasteiger partial charge in [0.2, 0.25) is 5.43 Å². The lowest BCUT2D eigenvalue weighted by atomic mass is 9.98. The average molecular weight is 480 g/mol. The molecule has 1 unspecified atom stereocenters. The topological polar surface area (TPSA) is 101 Å². The third kappa shape index (κ3) is 3.00. The normalized spacial score (nSPS) is 25.6. The van der Waals surface area contributed by atoms with E-state index >= 15 is 0 Å². The van der Waals surface area contributed by atoms with E-state index in [2.05, 4.69) is 5.32 Å². The molecule has 3 atom stereocenters. The zero-order valence-electron chi connectivity index (χ0n) is 17.5. The van der Waals surface area contributed by atoms with Gasteiger partial charge in [-0.3, -0.25) is 14.4 Å². The molecule has 1 aromatic heterocycles. The van der Waals surface area contributed by atoms with Gasteiger partial charge in [0.05, 0.1) is 18.7 Å². The number of halogens is 3. The highest BCUT2D eigenvalue weighted by Gasteiger charge is 2.60. The fourth-order valence-corrected chi connectivity index (χ4v) is 5.41. The summed E-state index contributed by atoms with van der Waals surface area (Å²) >= 11 is 5.56. The number of rotatable bonds is 3. The number of hydrogen-bond donors (Lipinski definition) is 2. The maximum Gasteiger partial charge on any atom is 0.277 e. The first-order valence-corrected chi connectivity index (χ1v) is 10.9. The fourth-order valence-electron chi connectivity index (χ4n) is 5.23. The number of aromatic nitrogens is 1. The Labute approximate surface area is 191 Å². The van der Waals surface area contributed by atoms with Gasteiger partial charge in [-0.05, 0) is 32.3 Å². The molecular weight excluding hydrogens is 460 g/mol. The predicted octanol–water partition coefficient (Wildman–Crippen LogP) is 2.71. The van der Waals surface area contributed by atoms with E-state index in [4.69, 9.17) is 16.3 Å². The van der Waals surface area contributed by atoms with Crippen molar-refractivity contribution < 1.29 is 28.2 Å². The van der Waals surface area contributed by atoms with E-state index in [1.807, 2.05) is 6.92 Å². The van der Waals surface area contributed by atoms with Gasteiger partial charge in [-0.1, -0.05) is 17.7 Å². The van der Waals surface area contributed by atoms with Crippen LogP contribution in [0.5, 0.6) is 5.75 Å². The summed E-state index contributed by atoms with van der Waals surface area (Å²) in [6, 6.07) is 1.50. The number of carbonyl (C=O) groups is 2. The molecule has 1 aliphatic carbocycles. The number of nitrogens with one attached hydrogen (secondary N) is 1. The van der Waals surface area contributed by atoms with Crippen LogP contribution in [0.3, 0.4) is 0 Å². The molecule has 1 spiro atoms. The second kappa shape index (κ2) is 7.53. The molecule has 1 saturated carbocycles. The summed E-state index contributed by atoms with van der Waals surface area (Å²) in [7, 11) is 0. The van der Waals surface area contributed by atoms with E-state index < -0.39 is 50.9 Å². The first kappa shape index (κ1) is 21.8. The summed E-state index contributed by atoms with van der Waals surface area (Å²) in [6.45, 7) is 1.81. The largest absolute Gasteiger partial charge is 0.503 e. The monoisotopic (exact) mass is 479 g/mol. The molecule has 2 N–H and O–H groups in total. The lowest BCUT2D eigenvalue weighted by Crippen LogP contribution is -2.58. The summed E-state index contributed by atoms with van der Waals surface area (Å²) < 4.78 is 35.0. The number of hydrogen-bond acceptors (Lipinski definition) is 5. The highest BCUT2D eigenvalue weighted by molar-refractivity contribution is 6.30. The van der Waals surface area contributed by atoms with E-state index in [-0.39, 0.29) is 29.9 Å². The minimum atomic E-state index is -1.02. The van der Waals surface area contributed by atoms with Crippen molar-refractivity contribution in [2.45, 2.75) is 50.5 Å². The van der Waals surface area contributed by atoms with E-state index in [1.165, 1.54) is 10.8 Å². The number of nitrogens with zero attached hydrogens (tertiary/aromatic N) is 2. The Morgan fingerprint density at radius 3 is 2.88 bits per heavy atom. The summed E-state index contributed by atoms with van der Waals surface area (Å²) in [5, 5.41) is 12.3. The quantitative estimate of drug-likeness (QED) is 0.659. The Morgan fingerprint density at radius 2 is 2.12 bits per heavy atom. The maximum atomic E-state index is 14.1. The van der Waals surface area contributed by atoms with Crippen molar-refractivity contribution in [2.24, 2.45) is 0 Å². The van der Waals surface area contributed by atoms with Crippen molar-refractivity contribution in [1.82, 2.24) is 14.8 Å². The van der Waals surface area contributed by atoms with Crippen LogP contribution in [0.4, 0.5) is 8.78 Å².